The highest BCUT2D eigenvalue weighted by Crippen LogP contribution is 2.23. The van der Waals surface area contributed by atoms with Gasteiger partial charge in [0.05, 0.1) is 5.56 Å². The van der Waals surface area contributed by atoms with Gasteiger partial charge >= 0.3 is 0 Å². The Kier molecular flexibility index (Phi) is 5.61. The van der Waals surface area contributed by atoms with Crippen LogP contribution >= 0.6 is 0 Å². The van der Waals surface area contributed by atoms with Crippen molar-refractivity contribution in [1.29, 1.82) is 0 Å². The van der Waals surface area contributed by atoms with Crippen molar-refractivity contribution in [2.24, 2.45) is 0 Å². The third-order valence-corrected chi connectivity index (χ3v) is 4.11. The normalized spacial score (nSPS) is 12.1. The highest BCUT2D eigenvalue weighted by atomic mass is 19.1. The van der Waals surface area contributed by atoms with Gasteiger partial charge in [0.1, 0.15) is 5.82 Å². The van der Waals surface area contributed by atoms with Gasteiger partial charge in [-0.15, -0.1) is 0 Å². The summed E-state index contributed by atoms with van der Waals surface area (Å²) in [5, 5.41) is 5.99. The van der Waals surface area contributed by atoms with E-state index in [1.54, 1.807) is 24.3 Å². The van der Waals surface area contributed by atoms with Crippen molar-refractivity contribution < 1.29 is 4.39 Å². The van der Waals surface area contributed by atoms with Crippen LogP contribution in [0.3, 0.4) is 0 Å². The Morgan fingerprint density at radius 3 is 2.64 bits per heavy atom. The predicted molar refractivity (Wildman–Crippen MR) is 103 cm³/mol. The summed E-state index contributed by atoms with van der Waals surface area (Å²) in [6.45, 7) is 2.86. The molecule has 0 aromatic heterocycles. The van der Waals surface area contributed by atoms with E-state index in [4.69, 9.17) is 0 Å². The molecule has 1 N–H and O–H groups in total. The number of nitrogens with one attached hydrogen (secondary N) is 1. The molecule has 124 valence electrons. The molecule has 0 saturated carbocycles. The van der Waals surface area contributed by atoms with Crippen molar-refractivity contribution in [2.45, 2.75) is 13.0 Å². The number of hydrogen-bond acceptors (Lipinski definition) is 1. The van der Waals surface area contributed by atoms with Crippen LogP contribution in [0.5, 0.6) is 0 Å². The van der Waals surface area contributed by atoms with E-state index in [2.05, 4.69) is 66.5 Å². The highest BCUT2D eigenvalue weighted by Gasteiger charge is 2.07. The van der Waals surface area contributed by atoms with Crippen molar-refractivity contribution in [2.75, 3.05) is 6.54 Å². The zero-order valence-electron chi connectivity index (χ0n) is 14.2. The molecule has 0 fully saturated rings. The molecule has 0 aliphatic rings. The topological polar surface area (TPSA) is 12.0 Å². The third kappa shape index (κ3) is 4.35. The molecule has 0 unspecified atom stereocenters. The number of halogens is 1. The molecule has 0 heterocycles. The molecule has 2 heteroatoms. The Labute approximate surface area is 148 Å². The van der Waals surface area contributed by atoms with Gasteiger partial charge in [0.2, 0.25) is 0 Å². The summed E-state index contributed by atoms with van der Waals surface area (Å²) in [7, 11) is 0. The second-order valence-corrected chi connectivity index (χ2v) is 5.85. The minimum Gasteiger partial charge on any atom is -0.307 e. The maximum absolute atomic E-state index is 13.4. The van der Waals surface area contributed by atoms with Crippen molar-refractivity contribution in [3.05, 3.63) is 95.8 Å². The molecule has 0 saturated heterocycles. The fraction of sp³-hybridized carbons (Fsp3) is 0.130. The van der Waals surface area contributed by atoms with Crippen LogP contribution in [0.2, 0.25) is 0 Å². The first kappa shape index (κ1) is 17.0. The fourth-order valence-electron chi connectivity index (χ4n) is 2.78. The average molecular weight is 329 g/mol. The van der Waals surface area contributed by atoms with Crippen LogP contribution in [0.1, 0.15) is 24.1 Å². The maximum atomic E-state index is 13.4. The third-order valence-electron chi connectivity index (χ3n) is 4.11. The Morgan fingerprint density at radius 1 is 1.00 bits per heavy atom. The number of benzene rings is 3. The Hall–Kier alpha value is -2.89. The quantitative estimate of drug-likeness (QED) is 0.646. The summed E-state index contributed by atoms with van der Waals surface area (Å²) in [6.07, 6.45) is 3.71. The van der Waals surface area contributed by atoms with Crippen molar-refractivity contribution in [1.82, 2.24) is 5.32 Å². The van der Waals surface area contributed by atoms with Gasteiger partial charge in [0.25, 0.3) is 0 Å². The summed E-state index contributed by atoms with van der Waals surface area (Å²) in [5.41, 5.74) is 1.70. The van der Waals surface area contributed by atoms with E-state index in [-0.39, 0.29) is 11.9 Å². The van der Waals surface area contributed by atoms with Gasteiger partial charge in [0.15, 0.2) is 0 Å². The first-order valence-corrected chi connectivity index (χ1v) is 8.38. The fourth-order valence-corrected chi connectivity index (χ4v) is 2.78. The van der Waals surface area contributed by atoms with E-state index in [1.807, 2.05) is 6.08 Å². The predicted octanol–water partition coefficient (Wildman–Crippen LogP) is 5.24. The summed E-state index contributed by atoms with van der Waals surface area (Å²) in [4.78, 5) is 0. The zero-order valence-corrected chi connectivity index (χ0v) is 14.2. The number of hydrogen-bond donors (Lipinski definition) is 1. The molecule has 1 atom stereocenters. The van der Waals surface area contributed by atoms with Crippen molar-refractivity contribution in [3.63, 3.8) is 0 Å². The maximum Gasteiger partial charge on any atom is 0.138 e. The summed E-state index contributed by atoms with van der Waals surface area (Å²) < 4.78 is 13.4. The first-order chi connectivity index (χ1) is 12.3. The van der Waals surface area contributed by atoms with Crippen LogP contribution in [0, 0.1) is 17.7 Å². The minimum atomic E-state index is -0.286. The molecule has 25 heavy (non-hydrogen) atoms. The summed E-state index contributed by atoms with van der Waals surface area (Å²) in [6, 6.07) is 21.5. The zero-order chi connectivity index (χ0) is 17.5. The molecule has 0 aliphatic heterocycles. The van der Waals surface area contributed by atoms with Crippen LogP contribution in [-0.4, -0.2) is 6.54 Å². The van der Waals surface area contributed by atoms with Gasteiger partial charge < -0.3 is 5.32 Å². The van der Waals surface area contributed by atoms with Crippen LogP contribution in [0.25, 0.3) is 10.8 Å². The van der Waals surface area contributed by atoms with E-state index in [0.29, 0.717) is 12.1 Å². The molecule has 3 rings (SSSR count). The molecule has 0 amide bonds. The molecule has 3 aromatic carbocycles. The first-order valence-electron chi connectivity index (χ1n) is 8.38. The van der Waals surface area contributed by atoms with Crippen LogP contribution in [-0.2, 0) is 0 Å². The van der Waals surface area contributed by atoms with E-state index in [1.165, 1.54) is 22.4 Å². The molecule has 0 aliphatic carbocycles. The lowest BCUT2D eigenvalue weighted by atomic mass is 10.00. The Morgan fingerprint density at radius 2 is 1.76 bits per heavy atom. The SMILES string of the molecule is C[C@@H](NC/C=C\C#Cc1ccccc1F)c1cccc2ccccc12. The van der Waals surface area contributed by atoms with Gasteiger partial charge in [-0.1, -0.05) is 72.5 Å². The minimum absolute atomic E-state index is 0.232. The molecule has 3 aromatic rings. The van der Waals surface area contributed by atoms with Gasteiger partial charge in [-0.2, -0.15) is 0 Å². The average Bonchev–Trinajstić information content (AvgIpc) is 2.65. The molecule has 1 nitrogen and oxygen atoms in total. The van der Waals surface area contributed by atoms with Crippen LogP contribution in [0.4, 0.5) is 4.39 Å². The van der Waals surface area contributed by atoms with Gasteiger partial charge in [0, 0.05) is 12.6 Å². The Balaban J connectivity index is 1.60. The van der Waals surface area contributed by atoms with Gasteiger partial charge in [-0.3, -0.25) is 0 Å². The van der Waals surface area contributed by atoms with E-state index in [0.717, 1.165) is 0 Å². The van der Waals surface area contributed by atoms with Crippen LogP contribution < -0.4 is 5.32 Å². The molecule has 0 radical (unpaired) electrons. The molecular formula is C23H20FN. The number of rotatable bonds is 4. The molecule has 0 spiro atoms. The standard InChI is InChI=1S/C23H20FN/c1-18(21-15-9-13-19-10-4-6-14-22(19)21)25-17-8-2-3-11-20-12-5-7-16-23(20)24/h2,4-10,12-16,18,25H,17H2,1H3/b8-2-/t18-/m1/s1. The lowest BCUT2D eigenvalue weighted by Gasteiger charge is -2.15. The van der Waals surface area contributed by atoms with E-state index < -0.39 is 0 Å². The monoisotopic (exact) mass is 329 g/mol. The second-order valence-electron chi connectivity index (χ2n) is 5.85. The summed E-state index contributed by atoms with van der Waals surface area (Å²) in [5.74, 6) is 5.41. The summed E-state index contributed by atoms with van der Waals surface area (Å²) >= 11 is 0. The highest BCUT2D eigenvalue weighted by molar-refractivity contribution is 5.86. The molecular weight excluding hydrogens is 309 g/mol. The van der Waals surface area contributed by atoms with Crippen LogP contribution in [0.15, 0.2) is 78.9 Å². The smallest absolute Gasteiger partial charge is 0.138 e. The number of fused-ring (bicyclic) bond motifs is 1. The lowest BCUT2D eigenvalue weighted by Crippen LogP contribution is -2.18. The Bertz CT molecular complexity index is 941. The largest absolute Gasteiger partial charge is 0.307 e. The lowest BCUT2D eigenvalue weighted by molar-refractivity contribution is 0.621. The van der Waals surface area contributed by atoms with E-state index >= 15 is 0 Å². The van der Waals surface area contributed by atoms with Gasteiger partial charge in [-0.25, -0.2) is 4.39 Å². The second kappa shape index (κ2) is 8.28. The number of allylic oxidation sites excluding steroid dienone is 1. The van der Waals surface area contributed by atoms with E-state index in [9.17, 15) is 4.39 Å². The van der Waals surface area contributed by atoms with Crippen molar-refractivity contribution in [3.8, 4) is 11.8 Å². The van der Waals surface area contributed by atoms with Crippen molar-refractivity contribution >= 4 is 10.8 Å². The van der Waals surface area contributed by atoms with Gasteiger partial charge in [-0.05, 0) is 41.5 Å². The molecule has 0 bridgehead atoms.